The first-order valence-electron chi connectivity index (χ1n) is 6.45. The van der Waals surface area contributed by atoms with Crippen LogP contribution in [0.25, 0.3) is 0 Å². The number of carbonyl (C=O) groups excluding carboxylic acids is 1. The number of rotatable bonds is 5. The van der Waals surface area contributed by atoms with Crippen LogP contribution in [0.1, 0.15) is 23.0 Å². The Balaban J connectivity index is 2.21. The van der Waals surface area contributed by atoms with Gasteiger partial charge >= 0.3 is 5.97 Å². The first kappa shape index (κ1) is 14.9. The number of aliphatic hydroxyl groups is 1. The van der Waals surface area contributed by atoms with Gasteiger partial charge in [0.25, 0.3) is 0 Å². The minimum absolute atomic E-state index is 0.114. The van der Waals surface area contributed by atoms with Gasteiger partial charge in [0, 0.05) is 0 Å². The molecule has 2 aromatic rings. The zero-order valence-corrected chi connectivity index (χ0v) is 11.9. The smallest absolute Gasteiger partial charge is 0.358 e. The molecule has 0 amide bonds. The van der Waals surface area contributed by atoms with Gasteiger partial charge in [-0.05, 0) is 24.6 Å². The van der Waals surface area contributed by atoms with Crippen molar-refractivity contribution in [2.24, 2.45) is 0 Å². The van der Waals surface area contributed by atoms with Crippen LogP contribution in [0.4, 0.5) is 5.82 Å². The second-order valence-corrected chi connectivity index (χ2v) is 4.78. The molecule has 110 valence electrons. The van der Waals surface area contributed by atoms with Crippen molar-refractivity contribution < 1.29 is 14.6 Å². The van der Waals surface area contributed by atoms with E-state index in [1.807, 2.05) is 37.3 Å². The summed E-state index contributed by atoms with van der Waals surface area (Å²) < 4.78 is 4.57. The number of carbonyl (C=O) groups is 1. The van der Waals surface area contributed by atoms with Gasteiger partial charge in [0.1, 0.15) is 5.82 Å². The van der Waals surface area contributed by atoms with Crippen LogP contribution in [-0.4, -0.2) is 35.0 Å². The van der Waals surface area contributed by atoms with E-state index in [1.165, 1.54) is 13.2 Å². The predicted molar refractivity (Wildman–Crippen MR) is 77.9 cm³/mol. The van der Waals surface area contributed by atoms with Gasteiger partial charge in [0.05, 0.1) is 19.3 Å². The van der Waals surface area contributed by atoms with Crippen LogP contribution in [0.15, 0.2) is 42.5 Å². The number of methoxy groups -OCH3 is 1. The molecule has 2 N–H and O–H groups in total. The Hall–Kier alpha value is -2.47. The topological polar surface area (TPSA) is 84.3 Å². The second-order valence-electron chi connectivity index (χ2n) is 4.78. The van der Waals surface area contributed by atoms with E-state index in [0.29, 0.717) is 5.82 Å². The van der Waals surface area contributed by atoms with Crippen LogP contribution in [-0.2, 0) is 10.3 Å². The molecule has 0 saturated carbocycles. The summed E-state index contributed by atoms with van der Waals surface area (Å²) in [6.07, 6.45) is 0. The van der Waals surface area contributed by atoms with E-state index in [2.05, 4.69) is 20.3 Å². The summed E-state index contributed by atoms with van der Waals surface area (Å²) in [5.74, 6) is -0.0786. The van der Waals surface area contributed by atoms with Crippen LogP contribution in [0.5, 0.6) is 0 Å². The molecule has 0 saturated heterocycles. The molecule has 0 radical (unpaired) electrons. The number of hydrogen-bond donors (Lipinski definition) is 2. The van der Waals surface area contributed by atoms with Crippen molar-refractivity contribution in [2.75, 3.05) is 19.0 Å². The van der Waals surface area contributed by atoms with Gasteiger partial charge in [-0.3, -0.25) is 0 Å². The molecule has 21 heavy (non-hydrogen) atoms. The minimum atomic E-state index is -0.692. The average molecular weight is 287 g/mol. The van der Waals surface area contributed by atoms with Gasteiger partial charge < -0.3 is 15.2 Å². The lowest BCUT2D eigenvalue weighted by Crippen LogP contribution is -2.36. The maximum absolute atomic E-state index is 11.3. The number of anilines is 1. The van der Waals surface area contributed by atoms with E-state index < -0.39 is 11.5 Å². The van der Waals surface area contributed by atoms with Crippen molar-refractivity contribution in [3.05, 3.63) is 53.7 Å². The van der Waals surface area contributed by atoms with Crippen molar-refractivity contribution in [2.45, 2.75) is 12.5 Å². The number of aromatic nitrogens is 2. The summed E-state index contributed by atoms with van der Waals surface area (Å²) >= 11 is 0. The molecular formula is C15H17N3O3. The fourth-order valence-electron chi connectivity index (χ4n) is 1.90. The van der Waals surface area contributed by atoms with E-state index in [0.717, 1.165) is 5.56 Å². The molecule has 0 spiro atoms. The normalized spacial score (nSPS) is 13.3. The Morgan fingerprint density at radius 1 is 1.24 bits per heavy atom. The summed E-state index contributed by atoms with van der Waals surface area (Å²) in [5.41, 5.74) is 0.364. The molecule has 6 heteroatoms. The minimum Gasteiger partial charge on any atom is -0.464 e. The SMILES string of the molecule is COC(=O)c1ccc(NC(C)(CO)c2ccccc2)nn1. The van der Waals surface area contributed by atoms with E-state index >= 15 is 0 Å². The fourth-order valence-corrected chi connectivity index (χ4v) is 1.90. The Labute approximate surface area is 122 Å². The number of ether oxygens (including phenoxy) is 1. The molecule has 0 aliphatic rings. The molecule has 1 atom stereocenters. The quantitative estimate of drug-likeness (QED) is 0.812. The van der Waals surface area contributed by atoms with E-state index in [-0.39, 0.29) is 12.3 Å². The molecule has 6 nitrogen and oxygen atoms in total. The highest BCUT2D eigenvalue weighted by molar-refractivity contribution is 5.86. The van der Waals surface area contributed by atoms with Gasteiger partial charge in [-0.25, -0.2) is 4.79 Å². The second kappa shape index (κ2) is 6.32. The summed E-state index contributed by atoms with van der Waals surface area (Å²) in [7, 11) is 1.29. The molecule has 0 bridgehead atoms. The Morgan fingerprint density at radius 3 is 2.48 bits per heavy atom. The molecule has 0 fully saturated rings. The number of nitrogens with one attached hydrogen (secondary N) is 1. The lowest BCUT2D eigenvalue weighted by atomic mass is 9.93. The summed E-state index contributed by atoms with van der Waals surface area (Å²) in [5, 5.41) is 20.6. The van der Waals surface area contributed by atoms with Gasteiger partial charge in [-0.1, -0.05) is 30.3 Å². The first-order chi connectivity index (χ1) is 10.1. The maximum atomic E-state index is 11.3. The number of esters is 1. The Kier molecular flexibility index (Phi) is 4.49. The van der Waals surface area contributed by atoms with E-state index in [4.69, 9.17) is 0 Å². The lowest BCUT2D eigenvalue weighted by Gasteiger charge is -2.29. The number of nitrogens with zero attached hydrogens (tertiary/aromatic N) is 2. The third kappa shape index (κ3) is 3.35. The molecule has 1 aromatic carbocycles. The van der Waals surface area contributed by atoms with Crippen molar-refractivity contribution in [3.8, 4) is 0 Å². The monoisotopic (exact) mass is 287 g/mol. The highest BCUT2D eigenvalue weighted by Crippen LogP contribution is 2.24. The fraction of sp³-hybridized carbons (Fsp3) is 0.267. The highest BCUT2D eigenvalue weighted by Gasteiger charge is 2.26. The Bertz CT molecular complexity index is 601. The van der Waals surface area contributed by atoms with Crippen LogP contribution < -0.4 is 5.32 Å². The molecular weight excluding hydrogens is 270 g/mol. The van der Waals surface area contributed by atoms with Gasteiger partial charge in [0.2, 0.25) is 0 Å². The van der Waals surface area contributed by atoms with Crippen LogP contribution >= 0.6 is 0 Å². The van der Waals surface area contributed by atoms with Crippen LogP contribution in [0, 0.1) is 0 Å². The molecule has 2 rings (SSSR count). The van der Waals surface area contributed by atoms with E-state index in [9.17, 15) is 9.90 Å². The van der Waals surface area contributed by atoms with Crippen LogP contribution in [0.2, 0.25) is 0 Å². The van der Waals surface area contributed by atoms with E-state index in [1.54, 1.807) is 6.07 Å². The summed E-state index contributed by atoms with van der Waals surface area (Å²) in [6, 6.07) is 12.7. The highest BCUT2D eigenvalue weighted by atomic mass is 16.5. The molecule has 1 unspecified atom stereocenters. The van der Waals surface area contributed by atoms with Crippen molar-refractivity contribution in [3.63, 3.8) is 0 Å². The number of aliphatic hydroxyl groups excluding tert-OH is 1. The zero-order chi connectivity index (χ0) is 15.3. The number of hydrogen-bond acceptors (Lipinski definition) is 6. The standard InChI is InChI=1S/C15H17N3O3/c1-15(10-19,11-6-4-3-5-7-11)16-13-9-8-12(17-18-13)14(20)21-2/h3-9,19H,10H2,1-2H3,(H,16,18). The summed E-state index contributed by atoms with van der Waals surface area (Å²) in [4.78, 5) is 11.3. The lowest BCUT2D eigenvalue weighted by molar-refractivity contribution is 0.0592. The average Bonchev–Trinajstić information content (AvgIpc) is 2.55. The molecule has 0 aliphatic carbocycles. The third-order valence-electron chi connectivity index (χ3n) is 3.19. The van der Waals surface area contributed by atoms with Crippen molar-refractivity contribution >= 4 is 11.8 Å². The third-order valence-corrected chi connectivity index (χ3v) is 3.19. The zero-order valence-electron chi connectivity index (χ0n) is 11.9. The predicted octanol–water partition coefficient (Wildman–Crippen LogP) is 1.58. The number of benzene rings is 1. The van der Waals surface area contributed by atoms with Gasteiger partial charge in [-0.2, -0.15) is 0 Å². The van der Waals surface area contributed by atoms with Gasteiger partial charge in [0.15, 0.2) is 5.69 Å². The maximum Gasteiger partial charge on any atom is 0.358 e. The molecule has 0 aliphatic heterocycles. The van der Waals surface area contributed by atoms with Gasteiger partial charge in [-0.15, -0.1) is 10.2 Å². The Morgan fingerprint density at radius 2 is 1.95 bits per heavy atom. The van der Waals surface area contributed by atoms with Crippen molar-refractivity contribution in [1.29, 1.82) is 0 Å². The first-order valence-corrected chi connectivity index (χ1v) is 6.45. The summed E-state index contributed by atoms with van der Waals surface area (Å²) in [6.45, 7) is 1.75. The molecule has 1 aromatic heterocycles. The molecule has 1 heterocycles. The largest absolute Gasteiger partial charge is 0.464 e. The van der Waals surface area contributed by atoms with Crippen LogP contribution in [0.3, 0.4) is 0 Å². The van der Waals surface area contributed by atoms with Crippen molar-refractivity contribution in [1.82, 2.24) is 10.2 Å².